The van der Waals surface area contributed by atoms with E-state index in [1.54, 1.807) is 99.7 Å². The smallest absolute Gasteiger partial charge is 0.416 e. The van der Waals surface area contributed by atoms with Crippen LogP contribution in [0.5, 0.6) is 17.2 Å². The maximum atomic E-state index is 12.6. The van der Waals surface area contributed by atoms with Gasteiger partial charge in [-0.2, -0.15) is 22.0 Å². The van der Waals surface area contributed by atoms with Gasteiger partial charge >= 0.3 is 6.18 Å². The molecule has 4 rings (SSSR count). The lowest BCUT2D eigenvalue weighted by molar-refractivity contribution is -0.137. The summed E-state index contributed by atoms with van der Waals surface area (Å²) in [5, 5.41) is 92.7. The van der Waals surface area contributed by atoms with E-state index >= 15 is 0 Å². The number of unbranched alkanes of at least 4 members (excludes halogenated alkanes) is 14. The quantitative estimate of drug-likeness (QED) is 0.00650. The van der Waals surface area contributed by atoms with E-state index in [4.69, 9.17) is 34.6 Å². The Morgan fingerprint density at radius 2 is 0.838 bits per heavy atom. The molecular formula is C117H191F5O14. The molecule has 0 fully saturated rings. The van der Waals surface area contributed by atoms with E-state index in [0.717, 1.165) is 114 Å². The van der Waals surface area contributed by atoms with Gasteiger partial charge < -0.3 is 65.3 Å². The van der Waals surface area contributed by atoms with Crippen molar-refractivity contribution < 1.29 is 92.0 Å². The molecule has 12 atom stereocenters. The molecular weight excluding hydrogens is 1720 g/mol. The average molecular weight is 1920 g/mol. The third kappa shape index (κ3) is 102. The number of halogens is 5. The number of carbonyl (C=O) groups is 1. The number of hydrogen-bond acceptors (Lipinski definition) is 14. The zero-order valence-electron chi connectivity index (χ0n) is 87.0. The van der Waals surface area contributed by atoms with Crippen LogP contribution >= 0.6 is 0 Å². The van der Waals surface area contributed by atoms with E-state index in [0.29, 0.717) is 30.6 Å². The summed E-state index contributed by atoms with van der Waals surface area (Å²) in [6, 6.07) is 32.5. The first kappa shape index (κ1) is 143. The summed E-state index contributed by atoms with van der Waals surface area (Å²) in [5.41, 5.74) is -1.32. The number of ether oxygens (including phenoxy) is 3. The number of alkyl halides is 5. The molecule has 4 aromatic rings. The lowest BCUT2D eigenvalue weighted by Crippen LogP contribution is -2.27. The van der Waals surface area contributed by atoms with Crippen LogP contribution in [0.4, 0.5) is 22.0 Å². The van der Waals surface area contributed by atoms with Gasteiger partial charge in [-0.05, 0) is 169 Å². The Morgan fingerprint density at radius 1 is 0.426 bits per heavy atom. The zero-order chi connectivity index (χ0) is 106. The number of para-hydroxylation sites is 2. The molecule has 0 saturated heterocycles. The standard InChI is InChI=1S/C11H11F3O2.C11H14O.C11H22O.C10H10F2O.C10H12O2.C10H20O.C10H18O.2C9H18O.C9H14O.C9H18O.C8H16O/c1-2-9(15)7-16-10-5-3-4-8(6-10)11(12,13)14;1-2-11(12)9-8-10-6-4-3-5-7-10;1-5-7-8-9-11(3,4)10(12)6-2;1-2-10(11,12)8-13-9-6-4-3-5-7-9;1-2-9(11)8-12-10-6-4-3-5-7-10;1-4-6-7-9(3)8-10(11)5-2;1-3-5-6-7-8-9-10(11)4-2;2*1-4-6-7-8-9(3,10)5-2;1-4-6-7-8(3)9(10)5-2;1-4-6-8-9(3,10)7-5-2;1-3-5-6-7-8(9)4-2/h2-6,9,15H,1,7H2;2-7,11-12H,1,8-9H2;6,10,12H,2,5,7-9H2,1,3-4H3;2-7H,1,8H2;2-7,9,11H,1,8H2;5,9-11H,2,4,6-8H2,1,3H3;4H,2-3,5-9H2,1H3;2*5,10H,2,4,6-8H2,1,3H3;5,8-10H,2,7H2,1,3H3;5,10H,2,4,6-8H2,1,3H3;4,8-9H,2-3,5-7H2,1H3/t9-;11-;10-;;9-;9-,10+;;2*9-;8?,9-;;8-/m111.10.001.1/s1. The number of aliphatic hydroxyl groups excluding tert-OH is 7. The summed E-state index contributed by atoms with van der Waals surface area (Å²) < 4.78 is 77.2. The van der Waals surface area contributed by atoms with E-state index < -0.39 is 59.4 Å². The van der Waals surface area contributed by atoms with Crippen molar-refractivity contribution in [3.05, 3.63) is 278 Å². The highest BCUT2D eigenvalue weighted by Gasteiger charge is 2.31. The highest BCUT2D eigenvalue weighted by Crippen LogP contribution is 2.32. The van der Waals surface area contributed by atoms with Gasteiger partial charge in [0.15, 0.2) is 12.4 Å². The van der Waals surface area contributed by atoms with Gasteiger partial charge in [0.1, 0.15) is 42.7 Å². The summed E-state index contributed by atoms with van der Waals surface area (Å²) >= 11 is 0. The minimum atomic E-state index is -4.39. The van der Waals surface area contributed by atoms with Crippen LogP contribution in [0.2, 0.25) is 0 Å². The van der Waals surface area contributed by atoms with Gasteiger partial charge in [-0.25, -0.2) is 0 Å². The van der Waals surface area contributed by atoms with Crippen LogP contribution in [0.1, 0.15) is 320 Å². The van der Waals surface area contributed by atoms with Gasteiger partial charge in [0.05, 0.1) is 52.9 Å². The SMILES string of the molecule is C=CC(=O)CCCCCCC.C=CC(F)(F)COc1ccccc1.C=CCC(C)(O)CCCC.C=C[C@@H](O)C(C)(C)CCCCC.C=C[C@@H](O)C(C)CC#CC.C=C[C@@H](O)CCCCC.C=C[C@@H](O)CCc1ccccc1.C=C[C@@H](O)COc1cccc(C(F)(F)F)c1.C=C[C@@H](O)COc1ccccc1.C=C[C@@H](O)C[C@@H](C)CCCC.C=C[C@](C)(O)CCCCC.C=C[C@](C)(O)CCCCC. The molecule has 2 unspecified atom stereocenters. The van der Waals surface area contributed by atoms with E-state index in [9.17, 15) is 57.4 Å². The van der Waals surface area contributed by atoms with Crippen LogP contribution < -0.4 is 14.2 Å². The van der Waals surface area contributed by atoms with Crippen LogP contribution in [0.15, 0.2) is 267 Å². The summed E-state index contributed by atoms with van der Waals surface area (Å²) in [6.45, 7) is 71.8. The highest BCUT2D eigenvalue weighted by molar-refractivity contribution is 5.88. The van der Waals surface area contributed by atoms with E-state index in [-0.39, 0.29) is 60.5 Å². The summed E-state index contributed by atoms with van der Waals surface area (Å²) in [7, 11) is 0. The van der Waals surface area contributed by atoms with E-state index in [1.807, 2.05) is 62.4 Å². The second-order valence-corrected chi connectivity index (χ2v) is 35.0. The molecule has 0 aliphatic carbocycles. The minimum Gasteiger partial charge on any atom is -0.491 e. The molecule has 778 valence electrons. The fourth-order valence-electron chi connectivity index (χ4n) is 11.1. The Bertz CT molecular complexity index is 3470. The Hall–Kier alpha value is -8.36. The first-order chi connectivity index (χ1) is 64.2. The molecule has 19 heteroatoms. The summed E-state index contributed by atoms with van der Waals surface area (Å²) in [4.78, 5) is 10.7. The van der Waals surface area contributed by atoms with Gasteiger partial charge in [-0.15, -0.1) is 77.6 Å². The summed E-state index contributed by atoms with van der Waals surface area (Å²) in [5.74, 6) is 5.00. The van der Waals surface area contributed by atoms with Crippen molar-refractivity contribution in [3.8, 4) is 29.1 Å². The van der Waals surface area contributed by atoms with Crippen LogP contribution in [-0.2, 0) is 17.4 Å². The van der Waals surface area contributed by atoms with E-state index in [1.165, 1.54) is 139 Å². The van der Waals surface area contributed by atoms with Crippen LogP contribution in [-0.4, -0.2) is 142 Å². The number of allylic oxidation sites excluding steroid dienone is 1. The van der Waals surface area contributed by atoms with Crippen molar-refractivity contribution in [2.45, 2.75) is 387 Å². The molecule has 0 heterocycles. The van der Waals surface area contributed by atoms with Crippen molar-refractivity contribution in [2.75, 3.05) is 19.8 Å². The Labute approximate surface area is 825 Å². The second kappa shape index (κ2) is 95.6. The molecule has 0 aliphatic rings. The van der Waals surface area contributed by atoms with Crippen molar-refractivity contribution in [3.63, 3.8) is 0 Å². The van der Waals surface area contributed by atoms with E-state index in [2.05, 4.69) is 172 Å². The number of aryl methyl sites for hydroxylation is 1. The fourth-order valence-corrected chi connectivity index (χ4v) is 11.1. The number of rotatable bonds is 58. The molecule has 10 N–H and O–H groups in total. The number of benzene rings is 4. The lowest BCUT2D eigenvalue weighted by Gasteiger charge is -2.28. The number of hydrogen-bond donors (Lipinski definition) is 10. The van der Waals surface area contributed by atoms with Crippen LogP contribution in [0.25, 0.3) is 0 Å². The van der Waals surface area contributed by atoms with Crippen LogP contribution in [0.3, 0.4) is 0 Å². The maximum Gasteiger partial charge on any atom is 0.416 e. The molecule has 4 aromatic carbocycles. The number of ketones is 1. The van der Waals surface area contributed by atoms with Crippen LogP contribution in [0, 0.1) is 29.1 Å². The van der Waals surface area contributed by atoms with Gasteiger partial charge in [-0.3, -0.25) is 4.79 Å². The normalized spacial score (nSPS) is 13.6. The molecule has 0 spiro atoms. The lowest BCUT2D eigenvalue weighted by atomic mass is 9.81. The Balaban J connectivity index is -0.000000220. The Morgan fingerprint density at radius 3 is 1.24 bits per heavy atom. The minimum absolute atomic E-state index is 0.00306. The highest BCUT2D eigenvalue weighted by atomic mass is 19.4. The maximum absolute atomic E-state index is 12.6. The summed E-state index contributed by atoms with van der Waals surface area (Å²) in [6.07, 6.45) is 45.4. The third-order valence-electron chi connectivity index (χ3n) is 20.7. The molecule has 0 amide bonds. The third-order valence-corrected chi connectivity index (χ3v) is 20.7. The number of aliphatic hydroxyl groups is 10. The fraction of sp³-hybridized carbons (Fsp3) is 0.564. The monoisotopic (exact) mass is 1920 g/mol. The molecule has 0 aromatic heterocycles. The van der Waals surface area contributed by atoms with Crippen molar-refractivity contribution >= 4 is 5.78 Å². The van der Waals surface area contributed by atoms with Crippen molar-refractivity contribution in [1.29, 1.82) is 0 Å². The molecule has 0 aliphatic heterocycles. The Kier molecular flexibility index (Phi) is 100. The zero-order valence-corrected chi connectivity index (χ0v) is 87.0. The van der Waals surface area contributed by atoms with Gasteiger partial charge in [0.25, 0.3) is 5.92 Å². The van der Waals surface area contributed by atoms with Crippen molar-refractivity contribution in [2.24, 2.45) is 17.3 Å². The van der Waals surface area contributed by atoms with Gasteiger partial charge in [0, 0.05) is 12.8 Å². The largest absolute Gasteiger partial charge is 0.491 e. The topological polar surface area (TPSA) is 247 Å². The van der Waals surface area contributed by atoms with Gasteiger partial charge in [0.2, 0.25) is 0 Å². The molecule has 0 bridgehead atoms. The first-order valence-corrected chi connectivity index (χ1v) is 49.1. The first-order valence-electron chi connectivity index (χ1n) is 49.1. The molecule has 0 radical (unpaired) electrons. The average Bonchev–Trinajstić information content (AvgIpc) is 0.859. The predicted octanol–water partition coefficient (Wildman–Crippen LogP) is 29.5. The van der Waals surface area contributed by atoms with Gasteiger partial charge in [-0.1, -0.05) is 358 Å². The molecule has 136 heavy (non-hydrogen) atoms. The van der Waals surface area contributed by atoms with Crippen molar-refractivity contribution in [1.82, 2.24) is 0 Å². The predicted molar refractivity (Wildman–Crippen MR) is 570 cm³/mol. The molecule has 14 nitrogen and oxygen atoms in total. The number of carbonyl (C=O) groups excluding carboxylic acids is 1. The molecule has 0 saturated carbocycles. The second-order valence-electron chi connectivity index (χ2n) is 35.0.